The quantitative estimate of drug-likeness (QED) is 0.897. The normalized spacial score (nSPS) is 25.8. The smallest absolute Gasteiger partial charge is 0.228 e. The van der Waals surface area contributed by atoms with Crippen molar-refractivity contribution in [3.05, 3.63) is 35.4 Å². The minimum Gasteiger partial charge on any atom is -0.354 e. The Kier molecular flexibility index (Phi) is 4.63. The van der Waals surface area contributed by atoms with E-state index in [1.54, 1.807) is 0 Å². The highest BCUT2D eigenvalue weighted by Gasteiger charge is 2.26. The van der Waals surface area contributed by atoms with Crippen LogP contribution in [0.2, 0.25) is 0 Å². The average molecular weight is 290 g/mol. The van der Waals surface area contributed by atoms with Crippen LogP contribution in [0.25, 0.3) is 0 Å². The summed E-state index contributed by atoms with van der Waals surface area (Å²) in [6.45, 7) is 2.45. The van der Waals surface area contributed by atoms with Crippen molar-refractivity contribution in [1.29, 1.82) is 0 Å². The van der Waals surface area contributed by atoms with Gasteiger partial charge in [-0.1, -0.05) is 30.7 Å². The van der Waals surface area contributed by atoms with Gasteiger partial charge in [0.25, 0.3) is 0 Å². The Bertz CT molecular complexity index is 471. The van der Waals surface area contributed by atoms with Crippen LogP contribution in [-0.4, -0.2) is 30.0 Å². The lowest BCUT2D eigenvalue weighted by Gasteiger charge is -2.27. The monoisotopic (exact) mass is 290 g/mol. The number of benzene rings is 1. The topological polar surface area (TPSA) is 41.1 Å². The Morgan fingerprint density at radius 1 is 1.35 bits per heavy atom. The van der Waals surface area contributed by atoms with Crippen molar-refractivity contribution < 1.29 is 4.79 Å². The molecule has 108 valence electrons. The predicted octanol–water partition coefficient (Wildman–Crippen LogP) is 2.28. The lowest BCUT2D eigenvalue weighted by atomic mass is 9.90. The van der Waals surface area contributed by atoms with E-state index in [1.807, 2.05) is 23.9 Å². The van der Waals surface area contributed by atoms with Gasteiger partial charge in [-0.05, 0) is 29.7 Å². The van der Waals surface area contributed by atoms with Crippen LogP contribution in [0.3, 0.4) is 0 Å². The van der Waals surface area contributed by atoms with Gasteiger partial charge in [-0.2, -0.15) is 11.8 Å². The van der Waals surface area contributed by atoms with Gasteiger partial charge in [0.05, 0.1) is 5.92 Å². The highest BCUT2D eigenvalue weighted by Crippen LogP contribution is 2.26. The van der Waals surface area contributed by atoms with E-state index < -0.39 is 0 Å². The molecule has 1 fully saturated rings. The summed E-state index contributed by atoms with van der Waals surface area (Å²) in [4.78, 5) is 12.4. The molecule has 3 rings (SSSR count). The molecule has 0 bridgehead atoms. The maximum Gasteiger partial charge on any atom is 0.228 e. The molecule has 0 spiro atoms. The molecule has 2 unspecified atom stereocenters. The standard InChI is InChI=1S/C16H22N2OS/c19-16(18-10-13-6-3-4-8-20-13)15-11-17-9-12-5-1-2-7-14(12)15/h1-2,5,7,13,15,17H,3-4,6,8-11H2,(H,18,19). The molecule has 2 atom stereocenters. The maximum absolute atomic E-state index is 12.4. The van der Waals surface area contributed by atoms with Crippen LogP contribution in [0.4, 0.5) is 0 Å². The molecular weight excluding hydrogens is 268 g/mol. The Balaban J connectivity index is 1.60. The zero-order valence-corrected chi connectivity index (χ0v) is 12.5. The van der Waals surface area contributed by atoms with Crippen LogP contribution in [0.5, 0.6) is 0 Å². The van der Waals surface area contributed by atoms with Crippen molar-refractivity contribution in [2.75, 3.05) is 18.8 Å². The maximum atomic E-state index is 12.4. The Morgan fingerprint density at radius 2 is 2.25 bits per heavy atom. The van der Waals surface area contributed by atoms with Gasteiger partial charge >= 0.3 is 0 Å². The van der Waals surface area contributed by atoms with Crippen molar-refractivity contribution in [1.82, 2.24) is 10.6 Å². The molecule has 1 aromatic rings. The highest BCUT2D eigenvalue weighted by molar-refractivity contribution is 7.99. The SMILES string of the molecule is O=C(NCC1CCCCS1)C1CNCc2ccccc21. The summed E-state index contributed by atoms with van der Waals surface area (Å²) in [6, 6.07) is 8.27. The molecule has 1 saturated heterocycles. The number of fused-ring (bicyclic) bond motifs is 1. The van der Waals surface area contributed by atoms with Crippen LogP contribution in [-0.2, 0) is 11.3 Å². The molecule has 0 radical (unpaired) electrons. The zero-order valence-electron chi connectivity index (χ0n) is 11.7. The first-order valence-electron chi connectivity index (χ1n) is 7.52. The molecule has 2 N–H and O–H groups in total. The second-order valence-corrected chi connectivity index (χ2v) is 7.02. The highest BCUT2D eigenvalue weighted by atomic mass is 32.2. The average Bonchev–Trinajstić information content (AvgIpc) is 2.53. The van der Waals surface area contributed by atoms with Gasteiger partial charge < -0.3 is 10.6 Å². The summed E-state index contributed by atoms with van der Waals surface area (Å²) in [7, 11) is 0. The van der Waals surface area contributed by atoms with Crippen molar-refractivity contribution in [3.8, 4) is 0 Å². The number of carbonyl (C=O) groups excluding carboxylic acids is 1. The van der Waals surface area contributed by atoms with E-state index in [1.165, 1.54) is 36.1 Å². The van der Waals surface area contributed by atoms with Crippen LogP contribution >= 0.6 is 11.8 Å². The molecule has 20 heavy (non-hydrogen) atoms. The summed E-state index contributed by atoms with van der Waals surface area (Å²) < 4.78 is 0. The minimum absolute atomic E-state index is 0.0338. The van der Waals surface area contributed by atoms with Gasteiger partial charge in [-0.25, -0.2) is 0 Å². The van der Waals surface area contributed by atoms with Crippen LogP contribution in [0, 0.1) is 0 Å². The predicted molar refractivity (Wildman–Crippen MR) is 84.0 cm³/mol. The number of nitrogens with one attached hydrogen (secondary N) is 2. The number of hydrogen-bond acceptors (Lipinski definition) is 3. The van der Waals surface area contributed by atoms with E-state index in [4.69, 9.17) is 0 Å². The van der Waals surface area contributed by atoms with Crippen molar-refractivity contribution in [2.45, 2.75) is 37.0 Å². The summed E-state index contributed by atoms with van der Waals surface area (Å²) in [5.74, 6) is 1.39. The fourth-order valence-corrected chi connectivity index (χ4v) is 4.27. The third kappa shape index (κ3) is 3.18. The van der Waals surface area contributed by atoms with E-state index in [0.29, 0.717) is 5.25 Å². The molecule has 0 aromatic heterocycles. The van der Waals surface area contributed by atoms with Gasteiger partial charge in [0.15, 0.2) is 0 Å². The first-order valence-corrected chi connectivity index (χ1v) is 8.57. The van der Waals surface area contributed by atoms with Crippen molar-refractivity contribution >= 4 is 17.7 Å². The second-order valence-electron chi connectivity index (χ2n) is 5.62. The lowest BCUT2D eigenvalue weighted by Crippen LogP contribution is -2.41. The third-order valence-electron chi connectivity index (χ3n) is 4.19. The van der Waals surface area contributed by atoms with Crippen LogP contribution < -0.4 is 10.6 Å². The molecule has 2 aliphatic heterocycles. The third-order valence-corrected chi connectivity index (χ3v) is 5.59. The van der Waals surface area contributed by atoms with Crippen LogP contribution in [0.15, 0.2) is 24.3 Å². The molecule has 1 aromatic carbocycles. The molecule has 2 aliphatic rings. The number of thioether (sulfide) groups is 1. The van der Waals surface area contributed by atoms with E-state index in [2.05, 4.69) is 22.8 Å². The Hall–Kier alpha value is -1.00. The van der Waals surface area contributed by atoms with Gasteiger partial charge in [0, 0.05) is 24.9 Å². The van der Waals surface area contributed by atoms with Crippen molar-refractivity contribution in [3.63, 3.8) is 0 Å². The number of carbonyl (C=O) groups is 1. The Morgan fingerprint density at radius 3 is 3.10 bits per heavy atom. The fraction of sp³-hybridized carbons (Fsp3) is 0.562. The summed E-state index contributed by atoms with van der Waals surface area (Å²) in [5, 5.41) is 7.12. The summed E-state index contributed by atoms with van der Waals surface area (Å²) >= 11 is 2.01. The summed E-state index contributed by atoms with van der Waals surface area (Å²) in [6.07, 6.45) is 3.88. The van der Waals surface area contributed by atoms with Gasteiger partial charge in [-0.3, -0.25) is 4.79 Å². The lowest BCUT2D eigenvalue weighted by molar-refractivity contribution is -0.122. The van der Waals surface area contributed by atoms with E-state index in [-0.39, 0.29) is 11.8 Å². The molecule has 0 aliphatic carbocycles. The number of rotatable bonds is 3. The largest absolute Gasteiger partial charge is 0.354 e. The molecular formula is C16H22N2OS. The van der Waals surface area contributed by atoms with Crippen LogP contribution in [0.1, 0.15) is 36.3 Å². The molecule has 4 heteroatoms. The molecule has 3 nitrogen and oxygen atoms in total. The Labute approximate surface area is 124 Å². The van der Waals surface area contributed by atoms with Crippen molar-refractivity contribution in [2.24, 2.45) is 0 Å². The van der Waals surface area contributed by atoms with E-state index >= 15 is 0 Å². The molecule has 2 heterocycles. The van der Waals surface area contributed by atoms with Gasteiger partial charge in [0.1, 0.15) is 0 Å². The first kappa shape index (κ1) is 14.0. The molecule has 1 amide bonds. The van der Waals surface area contributed by atoms with Gasteiger partial charge in [-0.15, -0.1) is 0 Å². The second kappa shape index (κ2) is 6.64. The van der Waals surface area contributed by atoms with E-state index in [9.17, 15) is 4.79 Å². The fourth-order valence-electron chi connectivity index (χ4n) is 3.04. The first-order chi connectivity index (χ1) is 9.84. The summed E-state index contributed by atoms with van der Waals surface area (Å²) in [5.41, 5.74) is 2.45. The van der Waals surface area contributed by atoms with E-state index in [0.717, 1.165) is 19.6 Å². The zero-order chi connectivity index (χ0) is 13.8. The number of amides is 1. The minimum atomic E-state index is -0.0338. The molecule has 0 saturated carbocycles. The van der Waals surface area contributed by atoms with Gasteiger partial charge in [0.2, 0.25) is 5.91 Å². The number of hydrogen-bond donors (Lipinski definition) is 2.